The molecule has 5 rings (SSSR count). The number of para-hydroxylation sites is 1. The van der Waals surface area contributed by atoms with Gasteiger partial charge in [0.05, 0.1) is 5.39 Å². The van der Waals surface area contributed by atoms with Gasteiger partial charge in [-0.3, -0.25) is 14.4 Å². The summed E-state index contributed by atoms with van der Waals surface area (Å²) in [5.41, 5.74) is 1.67. The third kappa shape index (κ3) is 6.07. The number of benzene rings is 3. The summed E-state index contributed by atoms with van der Waals surface area (Å²) in [4.78, 5) is 40.9. The van der Waals surface area contributed by atoms with E-state index in [4.69, 9.17) is 16.0 Å². The van der Waals surface area contributed by atoms with Crippen LogP contribution in [0, 0.1) is 0 Å². The molecule has 2 heterocycles. The molecule has 0 radical (unpaired) electrons. The molecule has 1 saturated heterocycles. The Morgan fingerprint density at radius 1 is 0.950 bits per heavy atom. The van der Waals surface area contributed by atoms with Crippen LogP contribution >= 0.6 is 11.6 Å². The van der Waals surface area contributed by atoms with Crippen LogP contribution in [-0.4, -0.2) is 35.3 Å². The lowest BCUT2D eigenvalue weighted by Crippen LogP contribution is -2.52. The first-order valence-electron chi connectivity index (χ1n) is 13.0. The standard InChI is InChI=1S/C31H27ClF2N2O4/c32-23-7-5-19(6-8-23)14-25-15-24(35-30(38)29-16-27(37)26-3-1-2-4-28(26)40-29)9-10-36(25)31(39)22-12-20(17-33)11-21(13-22)18-34/h1-8,11-13,16,24-25H,9-10,14-15,17-18H2,(H,35,38)/t24-,25+/m0/s1. The highest BCUT2D eigenvalue weighted by atomic mass is 35.5. The fourth-order valence-corrected chi connectivity index (χ4v) is 5.34. The summed E-state index contributed by atoms with van der Waals surface area (Å²) in [7, 11) is 0. The number of piperidine rings is 1. The monoisotopic (exact) mass is 564 g/mol. The zero-order valence-electron chi connectivity index (χ0n) is 21.5. The lowest BCUT2D eigenvalue weighted by atomic mass is 9.91. The Kier molecular flexibility index (Phi) is 8.26. The van der Waals surface area contributed by atoms with E-state index < -0.39 is 19.3 Å². The maximum absolute atomic E-state index is 13.6. The SMILES string of the molecule is O=C(N[C@H]1CCN(C(=O)c2cc(CF)cc(CF)c2)[C@H](Cc2ccc(Cl)cc2)C1)c1cc(=O)c2ccccc2o1. The lowest BCUT2D eigenvalue weighted by molar-refractivity contribution is 0.0568. The largest absolute Gasteiger partial charge is 0.451 e. The molecular weight excluding hydrogens is 538 g/mol. The molecule has 1 fully saturated rings. The van der Waals surface area contributed by atoms with Crippen molar-refractivity contribution in [2.75, 3.05) is 6.54 Å². The topological polar surface area (TPSA) is 79.6 Å². The molecule has 2 amide bonds. The molecule has 40 heavy (non-hydrogen) atoms. The Labute approximate surface area is 234 Å². The van der Waals surface area contributed by atoms with E-state index in [1.807, 2.05) is 12.1 Å². The van der Waals surface area contributed by atoms with Crippen LogP contribution in [0.25, 0.3) is 11.0 Å². The molecule has 0 unspecified atom stereocenters. The molecule has 0 aliphatic carbocycles. The van der Waals surface area contributed by atoms with Crippen molar-refractivity contribution in [2.45, 2.75) is 44.7 Å². The van der Waals surface area contributed by atoms with E-state index in [0.29, 0.717) is 41.8 Å². The third-order valence-electron chi connectivity index (χ3n) is 7.16. The molecule has 3 aromatic carbocycles. The molecule has 1 aliphatic heterocycles. The molecule has 0 saturated carbocycles. The number of halogens is 3. The van der Waals surface area contributed by atoms with Crippen molar-refractivity contribution in [1.82, 2.24) is 10.2 Å². The molecule has 0 bridgehead atoms. The van der Waals surface area contributed by atoms with Gasteiger partial charge < -0.3 is 14.6 Å². The van der Waals surface area contributed by atoms with Gasteiger partial charge >= 0.3 is 0 Å². The summed E-state index contributed by atoms with van der Waals surface area (Å²) >= 11 is 6.05. The Hall–Kier alpha value is -4.04. The van der Waals surface area contributed by atoms with Crippen molar-refractivity contribution in [3.05, 3.63) is 116 Å². The highest BCUT2D eigenvalue weighted by Gasteiger charge is 2.33. The van der Waals surface area contributed by atoms with Crippen LogP contribution in [0.1, 0.15) is 50.4 Å². The zero-order valence-corrected chi connectivity index (χ0v) is 22.3. The molecule has 2 atom stereocenters. The molecule has 1 aromatic heterocycles. The maximum atomic E-state index is 13.6. The first kappa shape index (κ1) is 27.5. The molecular formula is C31H27ClF2N2O4. The van der Waals surface area contributed by atoms with Crippen LogP contribution in [0.3, 0.4) is 0 Å². The first-order valence-corrected chi connectivity index (χ1v) is 13.4. The Balaban J connectivity index is 1.38. The van der Waals surface area contributed by atoms with Gasteiger partial charge in [0.25, 0.3) is 11.8 Å². The molecule has 206 valence electrons. The second kappa shape index (κ2) is 12.0. The van der Waals surface area contributed by atoms with E-state index in [1.54, 1.807) is 41.3 Å². The van der Waals surface area contributed by atoms with Gasteiger partial charge in [-0.05, 0) is 72.4 Å². The smallest absolute Gasteiger partial charge is 0.287 e. The minimum absolute atomic E-state index is 0.0850. The molecule has 9 heteroatoms. The number of rotatable bonds is 7. The number of carbonyl (C=O) groups is 2. The van der Waals surface area contributed by atoms with Crippen LogP contribution in [0.4, 0.5) is 8.78 Å². The number of alkyl halides is 2. The second-order valence-electron chi connectivity index (χ2n) is 9.95. The number of hydrogen-bond donors (Lipinski definition) is 1. The van der Waals surface area contributed by atoms with Gasteiger partial charge in [0.2, 0.25) is 0 Å². The predicted molar refractivity (Wildman–Crippen MR) is 149 cm³/mol. The highest BCUT2D eigenvalue weighted by Crippen LogP contribution is 2.26. The van der Waals surface area contributed by atoms with Gasteiger partial charge in [-0.15, -0.1) is 0 Å². The highest BCUT2D eigenvalue weighted by molar-refractivity contribution is 6.30. The van der Waals surface area contributed by atoms with Crippen molar-refractivity contribution >= 4 is 34.4 Å². The average molecular weight is 565 g/mol. The van der Waals surface area contributed by atoms with Crippen molar-refractivity contribution < 1.29 is 22.8 Å². The van der Waals surface area contributed by atoms with E-state index in [0.717, 1.165) is 5.56 Å². The van der Waals surface area contributed by atoms with Crippen molar-refractivity contribution in [2.24, 2.45) is 0 Å². The molecule has 0 spiro atoms. The van der Waals surface area contributed by atoms with Crippen LogP contribution in [0.5, 0.6) is 0 Å². The summed E-state index contributed by atoms with van der Waals surface area (Å²) in [5, 5.41) is 3.94. The van der Waals surface area contributed by atoms with Gasteiger partial charge in [-0.25, -0.2) is 8.78 Å². The summed E-state index contributed by atoms with van der Waals surface area (Å²) in [6.45, 7) is -1.29. The average Bonchev–Trinajstić information content (AvgIpc) is 2.97. The van der Waals surface area contributed by atoms with Crippen molar-refractivity contribution in [3.8, 4) is 0 Å². The van der Waals surface area contributed by atoms with E-state index in [1.165, 1.54) is 24.3 Å². The van der Waals surface area contributed by atoms with Gasteiger partial charge in [0, 0.05) is 35.3 Å². The van der Waals surface area contributed by atoms with Gasteiger partial charge in [0.15, 0.2) is 11.2 Å². The van der Waals surface area contributed by atoms with E-state index in [-0.39, 0.29) is 45.9 Å². The first-order chi connectivity index (χ1) is 19.3. The number of amides is 2. The van der Waals surface area contributed by atoms with Gasteiger partial charge in [0.1, 0.15) is 18.9 Å². The minimum Gasteiger partial charge on any atom is -0.451 e. The Morgan fingerprint density at radius 3 is 2.35 bits per heavy atom. The minimum atomic E-state index is -0.804. The van der Waals surface area contributed by atoms with Crippen LogP contribution in [0.15, 0.2) is 82.0 Å². The molecule has 1 N–H and O–H groups in total. The number of fused-ring (bicyclic) bond motifs is 1. The maximum Gasteiger partial charge on any atom is 0.287 e. The van der Waals surface area contributed by atoms with E-state index in [2.05, 4.69) is 5.32 Å². The third-order valence-corrected chi connectivity index (χ3v) is 7.42. The molecule has 1 aliphatic rings. The van der Waals surface area contributed by atoms with Gasteiger partial charge in [-0.1, -0.05) is 41.9 Å². The fourth-order valence-electron chi connectivity index (χ4n) is 5.21. The summed E-state index contributed by atoms with van der Waals surface area (Å²) < 4.78 is 32.5. The van der Waals surface area contributed by atoms with Crippen molar-refractivity contribution in [3.63, 3.8) is 0 Å². The summed E-state index contributed by atoms with van der Waals surface area (Å²) in [6.07, 6.45) is 1.36. The van der Waals surface area contributed by atoms with Crippen LogP contribution in [-0.2, 0) is 19.8 Å². The predicted octanol–water partition coefficient (Wildman–Crippen LogP) is 6.03. The molecule has 4 aromatic rings. The van der Waals surface area contributed by atoms with Crippen molar-refractivity contribution in [1.29, 1.82) is 0 Å². The number of nitrogens with zero attached hydrogens (tertiary/aromatic N) is 1. The van der Waals surface area contributed by atoms with E-state index in [9.17, 15) is 23.2 Å². The summed E-state index contributed by atoms with van der Waals surface area (Å²) in [5.74, 6) is -0.923. The number of carbonyl (C=O) groups excluding carboxylic acids is 2. The lowest BCUT2D eigenvalue weighted by Gasteiger charge is -2.40. The Bertz CT molecular complexity index is 1580. The molecule has 6 nitrogen and oxygen atoms in total. The number of nitrogens with one attached hydrogen (secondary N) is 1. The van der Waals surface area contributed by atoms with Gasteiger partial charge in [-0.2, -0.15) is 0 Å². The number of likely N-dealkylation sites (tertiary alicyclic amines) is 1. The van der Waals surface area contributed by atoms with Crippen LogP contribution < -0.4 is 10.7 Å². The fraction of sp³-hybridized carbons (Fsp3) is 0.258. The normalized spacial score (nSPS) is 17.1. The Morgan fingerprint density at radius 2 is 1.65 bits per heavy atom. The quantitative estimate of drug-likeness (QED) is 0.297. The second-order valence-corrected chi connectivity index (χ2v) is 10.4. The van der Waals surface area contributed by atoms with E-state index >= 15 is 0 Å². The van der Waals surface area contributed by atoms with Crippen LogP contribution in [0.2, 0.25) is 5.02 Å². The zero-order chi connectivity index (χ0) is 28.2. The number of hydrogen-bond acceptors (Lipinski definition) is 4. The summed E-state index contributed by atoms with van der Waals surface area (Å²) in [6, 6.07) is 18.9.